The molecule has 0 bridgehead atoms. The largest absolute Gasteiger partial charge is 2.00 e. The summed E-state index contributed by atoms with van der Waals surface area (Å²) in [6, 6.07) is 0. The molecule has 0 radical (unpaired) electrons. The fraction of sp³-hybridized carbons (Fsp3) is 0. The summed E-state index contributed by atoms with van der Waals surface area (Å²) in [5, 5.41) is 0. The van der Waals surface area contributed by atoms with Crippen LogP contribution in [0, 0.1) is 0 Å². The van der Waals surface area contributed by atoms with Gasteiger partial charge in [-0.1, -0.05) is 0 Å². The molecule has 0 spiro atoms. The standard InChI is InChI=1S/2H2N.2Pt/h2*1H2;;/q2*-1;;+2. The van der Waals surface area contributed by atoms with Gasteiger partial charge >= 0.3 is 21.1 Å². The third kappa shape index (κ3) is 10.3. The Kier molecular flexibility index (Phi) is 404. The van der Waals surface area contributed by atoms with Crippen LogP contribution < -0.4 is 0 Å². The second-order valence-electron chi connectivity index (χ2n) is 0. The average molecular weight is 422 g/mol. The van der Waals surface area contributed by atoms with Crippen LogP contribution in [-0.2, 0) is 42.1 Å². The van der Waals surface area contributed by atoms with E-state index >= 15 is 0 Å². The van der Waals surface area contributed by atoms with Crippen molar-refractivity contribution in [3.05, 3.63) is 12.3 Å². The molecule has 2 nitrogen and oxygen atoms in total. The fourth-order valence-electron chi connectivity index (χ4n) is 0. The third-order valence-corrected chi connectivity index (χ3v) is 0. The van der Waals surface area contributed by atoms with Gasteiger partial charge in [-0.2, -0.15) is 0 Å². The van der Waals surface area contributed by atoms with Crippen molar-refractivity contribution in [2.75, 3.05) is 0 Å². The molecule has 0 heterocycles. The van der Waals surface area contributed by atoms with Gasteiger partial charge < -0.3 is 12.3 Å². The molecule has 0 unspecified atom stereocenters. The molecule has 4 heavy (non-hydrogen) atoms. The van der Waals surface area contributed by atoms with E-state index in [1.807, 2.05) is 0 Å². The van der Waals surface area contributed by atoms with Crippen molar-refractivity contribution in [3.8, 4) is 0 Å². The van der Waals surface area contributed by atoms with Crippen molar-refractivity contribution in [1.82, 2.24) is 0 Å². The van der Waals surface area contributed by atoms with Crippen molar-refractivity contribution in [1.29, 1.82) is 0 Å². The smallest absolute Gasteiger partial charge is 0.693 e. The van der Waals surface area contributed by atoms with Gasteiger partial charge in [0.2, 0.25) is 0 Å². The minimum absolute atomic E-state index is 0. The van der Waals surface area contributed by atoms with Gasteiger partial charge in [0.1, 0.15) is 0 Å². The molecule has 0 fully saturated rings. The number of hydrogen-bond donors (Lipinski definition) is 0. The molecule has 0 saturated carbocycles. The molecule has 0 atom stereocenters. The second-order valence-corrected chi connectivity index (χ2v) is 0. The first-order valence-corrected chi connectivity index (χ1v) is 0. The Morgan fingerprint density at radius 3 is 0.750 bits per heavy atom. The summed E-state index contributed by atoms with van der Waals surface area (Å²) < 4.78 is 0. The zero-order chi connectivity index (χ0) is 0. The summed E-state index contributed by atoms with van der Waals surface area (Å²) in [5.74, 6) is 0. The molecule has 0 aliphatic heterocycles. The van der Waals surface area contributed by atoms with E-state index in [-0.39, 0.29) is 54.4 Å². The summed E-state index contributed by atoms with van der Waals surface area (Å²) in [6.45, 7) is 0. The summed E-state index contributed by atoms with van der Waals surface area (Å²) in [6.07, 6.45) is 0. The summed E-state index contributed by atoms with van der Waals surface area (Å²) in [4.78, 5) is 0. The van der Waals surface area contributed by atoms with Crippen LogP contribution in [0.4, 0.5) is 0 Å². The molecule has 4 heteroatoms. The van der Waals surface area contributed by atoms with Gasteiger partial charge in [0.25, 0.3) is 0 Å². The zero-order valence-corrected chi connectivity index (χ0v) is 6.33. The van der Waals surface area contributed by atoms with Gasteiger partial charge in [0.05, 0.1) is 0 Å². The number of rotatable bonds is 0. The van der Waals surface area contributed by atoms with Gasteiger partial charge in [-0.05, 0) is 0 Å². The molecular formula is H4N2Pt2. The Morgan fingerprint density at radius 1 is 0.750 bits per heavy atom. The first kappa shape index (κ1) is 58.2. The summed E-state index contributed by atoms with van der Waals surface area (Å²) in [5.41, 5.74) is 0. The van der Waals surface area contributed by atoms with Gasteiger partial charge in [0, 0.05) is 21.1 Å². The van der Waals surface area contributed by atoms with Crippen molar-refractivity contribution in [2.45, 2.75) is 0 Å². The summed E-state index contributed by atoms with van der Waals surface area (Å²) >= 11 is 0. The second kappa shape index (κ2) is 27.8. The minimum Gasteiger partial charge on any atom is -0.693 e. The first-order chi connectivity index (χ1) is 0. The first-order valence-electron chi connectivity index (χ1n) is 0. The minimum atomic E-state index is 0. The Bertz CT molecular complexity index is 4.00. The van der Waals surface area contributed by atoms with Crippen LogP contribution in [0.1, 0.15) is 0 Å². The molecular weight excluding hydrogens is 418 g/mol. The van der Waals surface area contributed by atoms with Gasteiger partial charge in [-0.3, -0.25) is 0 Å². The van der Waals surface area contributed by atoms with E-state index in [2.05, 4.69) is 0 Å². The Morgan fingerprint density at radius 2 is 0.750 bits per heavy atom. The number of nitrogens with two attached hydrogens (primary N) is 2. The quantitative estimate of drug-likeness (QED) is 0.567. The van der Waals surface area contributed by atoms with Crippen LogP contribution in [0.15, 0.2) is 0 Å². The van der Waals surface area contributed by atoms with Crippen molar-refractivity contribution in [3.63, 3.8) is 0 Å². The van der Waals surface area contributed by atoms with Gasteiger partial charge in [-0.15, -0.1) is 0 Å². The van der Waals surface area contributed by atoms with Crippen LogP contribution in [-0.4, -0.2) is 0 Å². The van der Waals surface area contributed by atoms with E-state index in [9.17, 15) is 0 Å². The SMILES string of the molecule is [NH2-].[NH2-].[Pt+2].[Pt]. The zero-order valence-electron chi connectivity index (χ0n) is 1.79. The molecule has 4 N–H and O–H groups in total. The van der Waals surface area contributed by atoms with E-state index in [1.165, 1.54) is 0 Å². The molecule has 0 aromatic heterocycles. The van der Waals surface area contributed by atoms with E-state index in [1.54, 1.807) is 0 Å². The molecule has 0 aliphatic rings. The van der Waals surface area contributed by atoms with E-state index in [4.69, 9.17) is 0 Å². The van der Waals surface area contributed by atoms with Crippen LogP contribution >= 0.6 is 0 Å². The van der Waals surface area contributed by atoms with Crippen LogP contribution in [0.25, 0.3) is 12.3 Å². The van der Waals surface area contributed by atoms with E-state index in [0.29, 0.717) is 0 Å². The monoisotopic (exact) mass is 422 g/mol. The molecule has 0 amide bonds. The maximum absolute atomic E-state index is 0. The molecule has 0 aromatic carbocycles. The Hall–Kier alpha value is 1.30. The fourth-order valence-corrected chi connectivity index (χ4v) is 0. The molecule has 0 rings (SSSR count). The third-order valence-electron chi connectivity index (χ3n) is 0. The normalized spacial score (nSPS) is 0. The van der Waals surface area contributed by atoms with Gasteiger partial charge in [-0.25, -0.2) is 0 Å². The topological polar surface area (TPSA) is 67.0 Å². The van der Waals surface area contributed by atoms with Crippen LogP contribution in [0.3, 0.4) is 0 Å². The van der Waals surface area contributed by atoms with Crippen molar-refractivity contribution < 1.29 is 42.1 Å². The predicted molar refractivity (Wildman–Crippen MR) is 10.6 cm³/mol. The maximum Gasteiger partial charge on any atom is 2.00 e. The van der Waals surface area contributed by atoms with Crippen LogP contribution in [0.2, 0.25) is 0 Å². The van der Waals surface area contributed by atoms with Crippen LogP contribution in [0.5, 0.6) is 0 Å². The Labute approximate surface area is 54.4 Å². The number of hydrogen-bond acceptors (Lipinski definition) is 0. The summed E-state index contributed by atoms with van der Waals surface area (Å²) in [7, 11) is 0. The molecule has 0 aliphatic carbocycles. The molecule has 0 saturated heterocycles. The van der Waals surface area contributed by atoms with E-state index < -0.39 is 0 Å². The molecule has 34 valence electrons. The van der Waals surface area contributed by atoms with Crippen molar-refractivity contribution >= 4 is 0 Å². The van der Waals surface area contributed by atoms with Gasteiger partial charge in [0.15, 0.2) is 0 Å². The average Bonchev–Trinajstić information content (AvgIpc) is 0. The van der Waals surface area contributed by atoms with Crippen molar-refractivity contribution in [2.24, 2.45) is 0 Å². The maximum atomic E-state index is 0. The molecule has 0 aromatic rings. The Balaban J connectivity index is 0. The van der Waals surface area contributed by atoms with E-state index in [0.717, 1.165) is 0 Å². The predicted octanol–water partition coefficient (Wildman–Crippen LogP) is 1.43.